The molecule has 2 fully saturated rings. The monoisotopic (exact) mass is 324 g/mol. The Bertz CT molecular complexity index is 427. The van der Waals surface area contributed by atoms with Crippen molar-refractivity contribution in [2.45, 2.75) is 55.6 Å². The molecule has 2 nitrogen and oxygen atoms in total. The van der Waals surface area contributed by atoms with Crippen LogP contribution in [0.2, 0.25) is 0 Å². The average Bonchev–Trinajstić information content (AvgIpc) is 3.08. The number of rotatable bonds is 4. The largest absolute Gasteiger partial charge is 0.491 e. The summed E-state index contributed by atoms with van der Waals surface area (Å²) in [5, 5.41) is 0.868. The number of alkyl halides is 1. The van der Waals surface area contributed by atoms with Gasteiger partial charge in [-0.1, -0.05) is 40.9 Å². The normalized spacial score (nSPS) is 25.0. The summed E-state index contributed by atoms with van der Waals surface area (Å²) in [5.41, 5.74) is 1.46. The minimum Gasteiger partial charge on any atom is -0.491 e. The first kappa shape index (κ1) is 13.4. The third kappa shape index (κ3) is 3.14. The Labute approximate surface area is 123 Å². The summed E-state index contributed by atoms with van der Waals surface area (Å²) in [5.74, 6) is 0.952. The van der Waals surface area contributed by atoms with Gasteiger partial charge in [-0.15, -0.1) is 0 Å². The fourth-order valence-electron chi connectivity index (χ4n) is 3.31. The first-order valence-electron chi connectivity index (χ1n) is 7.25. The van der Waals surface area contributed by atoms with Crippen LogP contribution in [0.1, 0.15) is 44.1 Å². The highest BCUT2D eigenvalue weighted by molar-refractivity contribution is 9.08. The lowest BCUT2D eigenvalue weighted by Gasteiger charge is -2.23. The van der Waals surface area contributed by atoms with Crippen molar-refractivity contribution in [3.8, 4) is 5.75 Å². The second-order valence-corrected chi connectivity index (χ2v) is 6.32. The lowest BCUT2D eigenvalue weighted by molar-refractivity contribution is -0.0508. The van der Waals surface area contributed by atoms with Gasteiger partial charge in [-0.3, -0.25) is 0 Å². The van der Waals surface area contributed by atoms with E-state index in [1.54, 1.807) is 0 Å². The van der Waals surface area contributed by atoms with E-state index in [0.29, 0.717) is 6.61 Å². The maximum Gasteiger partial charge on any atom is 0.119 e. The molecular weight excluding hydrogens is 304 g/mol. The second-order valence-electron chi connectivity index (χ2n) is 5.76. The predicted octanol–water partition coefficient (Wildman–Crippen LogP) is 4.45. The van der Waals surface area contributed by atoms with Crippen LogP contribution in [0.4, 0.5) is 0 Å². The standard InChI is InChI=1S/C16H21BrO2/c17-11-13-4-3-5-14(10-13)18-12-15-6-9-16(19-15)7-1-2-8-16/h3-5,10,15H,1-2,6-9,11-12H2. The highest BCUT2D eigenvalue weighted by atomic mass is 79.9. The topological polar surface area (TPSA) is 18.5 Å². The Morgan fingerprint density at radius 3 is 2.89 bits per heavy atom. The van der Waals surface area contributed by atoms with E-state index in [0.717, 1.165) is 17.5 Å². The molecule has 1 aromatic rings. The molecule has 104 valence electrons. The average molecular weight is 325 g/mol. The molecule has 0 N–H and O–H groups in total. The fourth-order valence-corrected chi connectivity index (χ4v) is 3.66. The van der Waals surface area contributed by atoms with Gasteiger partial charge in [-0.05, 0) is 43.4 Å². The lowest BCUT2D eigenvalue weighted by Crippen LogP contribution is -2.27. The molecule has 1 heterocycles. The highest BCUT2D eigenvalue weighted by Crippen LogP contribution is 2.43. The molecule has 1 atom stereocenters. The summed E-state index contributed by atoms with van der Waals surface area (Å²) in [6.45, 7) is 0.688. The van der Waals surface area contributed by atoms with Crippen molar-refractivity contribution in [2.75, 3.05) is 6.61 Å². The van der Waals surface area contributed by atoms with Crippen LogP contribution in [0.5, 0.6) is 5.75 Å². The van der Waals surface area contributed by atoms with E-state index >= 15 is 0 Å². The molecule has 2 aliphatic rings. The highest BCUT2D eigenvalue weighted by Gasteiger charge is 2.42. The van der Waals surface area contributed by atoms with Crippen molar-refractivity contribution in [1.29, 1.82) is 0 Å². The smallest absolute Gasteiger partial charge is 0.119 e. The quantitative estimate of drug-likeness (QED) is 0.761. The molecule has 1 saturated carbocycles. The Morgan fingerprint density at radius 2 is 2.11 bits per heavy atom. The van der Waals surface area contributed by atoms with Gasteiger partial charge in [0.15, 0.2) is 0 Å². The predicted molar refractivity (Wildman–Crippen MR) is 79.9 cm³/mol. The van der Waals surface area contributed by atoms with E-state index in [1.165, 1.54) is 37.7 Å². The van der Waals surface area contributed by atoms with E-state index in [1.807, 2.05) is 12.1 Å². The molecule has 0 bridgehead atoms. The zero-order valence-electron chi connectivity index (χ0n) is 11.2. The summed E-state index contributed by atoms with van der Waals surface area (Å²) in [6.07, 6.45) is 7.83. The number of halogens is 1. The minimum atomic E-state index is 0.214. The van der Waals surface area contributed by atoms with E-state index in [2.05, 4.69) is 28.1 Å². The van der Waals surface area contributed by atoms with Crippen molar-refractivity contribution in [1.82, 2.24) is 0 Å². The third-order valence-electron chi connectivity index (χ3n) is 4.34. The van der Waals surface area contributed by atoms with E-state index < -0.39 is 0 Å². The summed E-state index contributed by atoms with van der Waals surface area (Å²) >= 11 is 3.47. The lowest BCUT2D eigenvalue weighted by atomic mass is 9.98. The molecule has 3 rings (SSSR count). The molecule has 1 saturated heterocycles. The van der Waals surface area contributed by atoms with E-state index in [-0.39, 0.29) is 11.7 Å². The van der Waals surface area contributed by atoms with E-state index in [9.17, 15) is 0 Å². The van der Waals surface area contributed by atoms with Gasteiger partial charge >= 0.3 is 0 Å². The zero-order chi connectivity index (χ0) is 13.1. The third-order valence-corrected chi connectivity index (χ3v) is 4.99. The maximum atomic E-state index is 6.25. The van der Waals surface area contributed by atoms with Crippen LogP contribution in [0.15, 0.2) is 24.3 Å². The second kappa shape index (κ2) is 5.84. The Morgan fingerprint density at radius 1 is 1.26 bits per heavy atom. The number of ether oxygens (including phenoxy) is 2. The fraction of sp³-hybridized carbons (Fsp3) is 0.625. The summed E-state index contributed by atoms with van der Waals surface area (Å²) in [6, 6.07) is 8.25. The van der Waals surface area contributed by atoms with Gasteiger partial charge in [0.25, 0.3) is 0 Å². The molecule has 1 aliphatic carbocycles. The number of hydrogen-bond donors (Lipinski definition) is 0. The molecule has 0 amide bonds. The van der Waals surface area contributed by atoms with Crippen LogP contribution in [0.25, 0.3) is 0 Å². The van der Waals surface area contributed by atoms with Crippen LogP contribution >= 0.6 is 15.9 Å². The van der Waals surface area contributed by atoms with Crippen molar-refractivity contribution in [3.63, 3.8) is 0 Å². The van der Waals surface area contributed by atoms with Crippen LogP contribution < -0.4 is 4.74 Å². The molecule has 3 heteroatoms. The number of benzene rings is 1. The zero-order valence-corrected chi connectivity index (χ0v) is 12.8. The minimum absolute atomic E-state index is 0.214. The van der Waals surface area contributed by atoms with Crippen molar-refractivity contribution < 1.29 is 9.47 Å². The van der Waals surface area contributed by atoms with Crippen molar-refractivity contribution in [3.05, 3.63) is 29.8 Å². The maximum absolute atomic E-state index is 6.25. The first-order chi connectivity index (χ1) is 9.30. The molecule has 0 radical (unpaired) electrons. The Kier molecular flexibility index (Phi) is 4.13. The van der Waals surface area contributed by atoms with Gasteiger partial charge < -0.3 is 9.47 Å². The Balaban J connectivity index is 1.52. The summed E-state index contributed by atoms with van der Waals surface area (Å²) in [4.78, 5) is 0. The summed E-state index contributed by atoms with van der Waals surface area (Å²) in [7, 11) is 0. The van der Waals surface area contributed by atoms with Gasteiger partial charge in [0.2, 0.25) is 0 Å². The Hall–Kier alpha value is -0.540. The molecule has 0 aromatic heterocycles. The van der Waals surface area contributed by atoms with Crippen molar-refractivity contribution in [2.24, 2.45) is 0 Å². The molecular formula is C16H21BrO2. The van der Waals surface area contributed by atoms with E-state index in [4.69, 9.17) is 9.47 Å². The van der Waals surface area contributed by atoms with Crippen LogP contribution in [-0.4, -0.2) is 18.3 Å². The first-order valence-corrected chi connectivity index (χ1v) is 8.37. The summed E-state index contributed by atoms with van der Waals surface area (Å²) < 4.78 is 12.1. The van der Waals surface area contributed by atoms with Gasteiger partial charge in [-0.25, -0.2) is 0 Å². The molecule has 1 aliphatic heterocycles. The van der Waals surface area contributed by atoms with Gasteiger partial charge in [0.05, 0.1) is 11.7 Å². The molecule has 1 spiro atoms. The van der Waals surface area contributed by atoms with Gasteiger partial charge in [0, 0.05) is 5.33 Å². The van der Waals surface area contributed by atoms with Crippen LogP contribution in [0.3, 0.4) is 0 Å². The molecule has 19 heavy (non-hydrogen) atoms. The van der Waals surface area contributed by atoms with Gasteiger partial charge in [0.1, 0.15) is 12.4 Å². The molecule has 1 unspecified atom stereocenters. The van der Waals surface area contributed by atoms with Crippen LogP contribution in [-0.2, 0) is 10.1 Å². The SMILES string of the molecule is BrCc1cccc(OCC2CCC3(CCCC3)O2)c1. The number of hydrogen-bond acceptors (Lipinski definition) is 2. The van der Waals surface area contributed by atoms with Crippen LogP contribution in [0, 0.1) is 0 Å². The van der Waals surface area contributed by atoms with Gasteiger partial charge in [-0.2, -0.15) is 0 Å². The molecule has 1 aromatic carbocycles. The van der Waals surface area contributed by atoms with Crippen molar-refractivity contribution >= 4 is 15.9 Å².